The zero-order valence-corrected chi connectivity index (χ0v) is 16.3. The quantitative estimate of drug-likeness (QED) is 0.287. The third kappa shape index (κ3) is 52.8. The summed E-state index contributed by atoms with van der Waals surface area (Å²) in [5, 5.41) is 18.9. The second kappa shape index (κ2) is 20.8. The van der Waals surface area contributed by atoms with Crippen LogP contribution in [0.4, 0.5) is 0 Å². The Morgan fingerprint density at radius 1 is 0.950 bits per heavy atom. The van der Waals surface area contributed by atoms with E-state index in [0.29, 0.717) is 0 Å². The monoisotopic (exact) mass is 392 g/mol. The zero-order chi connectivity index (χ0) is 16.4. The van der Waals surface area contributed by atoms with Crippen molar-refractivity contribution in [1.29, 1.82) is 0 Å². The Labute approximate surface area is 133 Å². The van der Waals surface area contributed by atoms with Gasteiger partial charge >= 0.3 is 69.5 Å². The topological polar surface area (TPSA) is 80.3 Å². The van der Waals surface area contributed by atoms with Crippen LogP contribution >= 0.6 is 0 Å². The number of hydrogen-bond donors (Lipinski definition) is 0. The first-order chi connectivity index (χ1) is 9.27. The van der Waals surface area contributed by atoms with E-state index < -0.39 is 5.97 Å². The maximum absolute atomic E-state index is 9.98. The van der Waals surface area contributed by atoms with Crippen LogP contribution in [-0.4, -0.2) is 32.9 Å². The molecule has 0 aliphatic rings. The van der Waals surface area contributed by atoms with Crippen molar-refractivity contribution in [2.24, 2.45) is 0 Å². The Bertz CT molecular complexity index is 249. The van der Waals surface area contributed by atoms with E-state index in [1.807, 2.05) is 0 Å². The summed E-state index contributed by atoms with van der Waals surface area (Å²) in [5.74, 6) is -1.46. The van der Waals surface area contributed by atoms with Gasteiger partial charge in [-0.2, -0.15) is 0 Å². The summed E-state index contributed by atoms with van der Waals surface area (Å²) in [6, 6.07) is 0. The summed E-state index contributed by atoms with van der Waals surface area (Å²) in [7, 11) is 0. The first-order valence-electron chi connectivity index (χ1n) is 7.02. The fourth-order valence-electron chi connectivity index (χ4n) is 1.01. The molecule has 20 heavy (non-hydrogen) atoms. The van der Waals surface area contributed by atoms with Crippen molar-refractivity contribution in [3.8, 4) is 0 Å². The van der Waals surface area contributed by atoms with E-state index in [1.54, 1.807) is 8.87 Å². The van der Waals surface area contributed by atoms with Crippen LogP contribution in [0, 0.1) is 0 Å². The molecule has 116 valence electrons. The van der Waals surface area contributed by atoms with Crippen molar-refractivity contribution in [1.82, 2.24) is 0 Å². The second-order valence-electron chi connectivity index (χ2n) is 4.31. The normalized spacial score (nSPS) is 9.35. The summed E-state index contributed by atoms with van der Waals surface area (Å²) < 4.78 is 3.25. The van der Waals surface area contributed by atoms with E-state index in [4.69, 9.17) is 9.90 Å². The van der Waals surface area contributed by atoms with Crippen molar-refractivity contribution in [3.05, 3.63) is 11.8 Å². The third-order valence-corrected chi connectivity index (χ3v) is 5.86. The number of carboxylic acids is 1. The predicted molar refractivity (Wildman–Crippen MR) is 80.3 cm³/mol. The summed E-state index contributed by atoms with van der Waals surface area (Å²) in [6.07, 6.45) is 6.89. The molecule has 0 saturated heterocycles. The van der Waals surface area contributed by atoms with Crippen LogP contribution in [0.1, 0.15) is 60.3 Å². The van der Waals surface area contributed by atoms with Gasteiger partial charge in [-0.25, -0.2) is 0 Å². The zero-order valence-electron chi connectivity index (χ0n) is 13.5. The maximum atomic E-state index is 9.98. The molecule has 0 fully saturated rings. The van der Waals surface area contributed by atoms with Gasteiger partial charge in [-0.3, -0.25) is 4.79 Å². The molecule has 4 nitrogen and oxygen atoms in total. The van der Waals surface area contributed by atoms with Crippen molar-refractivity contribution in [3.63, 3.8) is 0 Å². The minimum absolute atomic E-state index is 0.149. The molecule has 0 amide bonds. The Hall–Kier alpha value is -0.521. The summed E-state index contributed by atoms with van der Waals surface area (Å²) >= 11 is 0.149. The number of carbonyl (C=O) groups is 2. The summed E-state index contributed by atoms with van der Waals surface area (Å²) in [6.45, 7) is 8.25. The summed E-state index contributed by atoms with van der Waals surface area (Å²) in [5.41, 5.74) is 0. The minimum atomic E-state index is -1.08. The Morgan fingerprint density at radius 3 is 1.45 bits per heavy atom. The molecule has 0 spiro atoms. The number of hydrogen-bond acceptors (Lipinski definition) is 4. The van der Waals surface area contributed by atoms with E-state index in [9.17, 15) is 9.90 Å². The Kier molecular flexibility index (Phi) is 25.5. The molecule has 0 aromatic carbocycles. The fourth-order valence-corrected chi connectivity index (χ4v) is 5.17. The van der Waals surface area contributed by atoms with Crippen molar-refractivity contribution >= 4 is 32.9 Å². The van der Waals surface area contributed by atoms with Gasteiger partial charge in [0, 0.05) is 5.97 Å². The molecule has 0 rings (SSSR count). The second-order valence-corrected chi connectivity index (χ2v) is 8.60. The van der Waals surface area contributed by atoms with Crippen LogP contribution in [0.15, 0.2) is 11.8 Å². The van der Waals surface area contributed by atoms with Gasteiger partial charge in [-0.05, 0) is 19.9 Å². The van der Waals surface area contributed by atoms with Gasteiger partial charge in [0.1, 0.15) is 0 Å². The average Bonchev–Trinajstić information content (AvgIpc) is 2.27. The van der Waals surface area contributed by atoms with Crippen LogP contribution in [0.2, 0.25) is 8.87 Å². The first-order valence-corrected chi connectivity index (χ1v) is 11.1. The molecular weight excluding hydrogens is 363 g/mol. The molecule has 0 saturated carbocycles. The van der Waals surface area contributed by atoms with Crippen LogP contribution in [0.3, 0.4) is 0 Å². The fraction of sp³-hybridized carbons (Fsp3) is 0.733. The van der Waals surface area contributed by atoms with Crippen molar-refractivity contribution in [2.45, 2.75) is 69.2 Å². The summed E-state index contributed by atoms with van der Waals surface area (Å²) in [4.78, 5) is 18.9. The number of rotatable bonds is 7. The van der Waals surface area contributed by atoms with E-state index >= 15 is 0 Å². The van der Waals surface area contributed by atoms with Gasteiger partial charge in [0.15, 0.2) is 5.78 Å². The van der Waals surface area contributed by atoms with E-state index in [2.05, 4.69) is 13.8 Å². The molecule has 0 heterocycles. The number of carbonyl (C=O) groups excluding carboxylic acids is 2. The molecule has 0 N–H and O–H groups in total. The Morgan fingerprint density at radius 2 is 1.30 bits per heavy atom. The standard InChI is InChI=1S/C5H8O2.2C4H9.C2H4O2.Sn/c1-4(6)3-5(2)7;2*1-3-4-2;1-2(3)4;/h3,6H,1-2H3;2*1,3-4H2,2H3;1H3,(H,3,4);/q;;;;+2/p-2/b4-3-;;;;. The van der Waals surface area contributed by atoms with E-state index in [0.717, 1.165) is 13.0 Å². The number of allylic oxidation sites excluding steroid dienone is 2. The molecule has 0 bridgehead atoms. The van der Waals surface area contributed by atoms with Crippen LogP contribution in [0.25, 0.3) is 0 Å². The molecule has 0 aliphatic heterocycles. The molecular formula is C15H28O4Sn. The number of unbranched alkanes of at least 4 members (excludes halogenated alkanes) is 2. The van der Waals surface area contributed by atoms with Gasteiger partial charge in [0.05, 0.1) is 0 Å². The van der Waals surface area contributed by atoms with Gasteiger partial charge in [-0.15, -0.1) is 5.76 Å². The molecule has 0 atom stereocenters. The molecule has 5 heteroatoms. The van der Waals surface area contributed by atoms with E-state index in [1.165, 1.54) is 39.5 Å². The van der Waals surface area contributed by atoms with Gasteiger partial charge in [-0.1, -0.05) is 6.92 Å². The van der Waals surface area contributed by atoms with Crippen LogP contribution in [-0.2, 0) is 9.59 Å². The average molecular weight is 391 g/mol. The molecule has 0 unspecified atom stereocenters. The first kappa shape index (κ1) is 24.5. The molecule has 0 aromatic rings. The van der Waals surface area contributed by atoms with Gasteiger partial charge in [0.25, 0.3) is 0 Å². The number of ketones is 1. The van der Waals surface area contributed by atoms with Gasteiger partial charge in [0.2, 0.25) is 0 Å². The molecule has 0 radical (unpaired) electrons. The van der Waals surface area contributed by atoms with Crippen molar-refractivity contribution in [2.75, 3.05) is 0 Å². The number of carboxylic acid groups (broad SMARTS) is 1. The SMILES string of the molecule is CC(=O)/C=C(/C)[O-].CC(=O)[O-].CCC[CH2][Sn+2][CH2]CCC. The van der Waals surface area contributed by atoms with Crippen molar-refractivity contribution < 1.29 is 19.8 Å². The number of aliphatic carboxylic acids is 1. The van der Waals surface area contributed by atoms with Gasteiger partial charge < -0.3 is 15.0 Å². The van der Waals surface area contributed by atoms with Crippen LogP contribution in [0.5, 0.6) is 0 Å². The van der Waals surface area contributed by atoms with E-state index in [-0.39, 0.29) is 32.7 Å². The predicted octanol–water partition coefficient (Wildman–Crippen LogP) is 1.72. The molecule has 0 aliphatic carbocycles. The third-order valence-electron chi connectivity index (χ3n) is 1.82. The Balaban J connectivity index is -0.000000234. The molecule has 0 aromatic heterocycles. The van der Waals surface area contributed by atoms with Crippen LogP contribution < -0.4 is 10.2 Å².